The summed E-state index contributed by atoms with van der Waals surface area (Å²) in [5.74, 6) is 1.29. The summed E-state index contributed by atoms with van der Waals surface area (Å²) in [6.07, 6.45) is 5.68. The minimum Gasteiger partial charge on any atom is -0.508 e. The van der Waals surface area contributed by atoms with Crippen LogP contribution in [0.2, 0.25) is 0 Å². The van der Waals surface area contributed by atoms with E-state index in [1.165, 1.54) is 24.0 Å². The fraction of sp³-hybridized carbons (Fsp3) is 0.333. The average molecular weight is 270 g/mol. The van der Waals surface area contributed by atoms with Crippen molar-refractivity contribution < 1.29 is 9.84 Å². The van der Waals surface area contributed by atoms with Gasteiger partial charge >= 0.3 is 0 Å². The van der Waals surface area contributed by atoms with E-state index < -0.39 is 0 Å². The number of phenols is 1. The second kappa shape index (κ2) is 7.59. The monoisotopic (exact) mass is 270 g/mol. The van der Waals surface area contributed by atoms with Crippen LogP contribution in [0.3, 0.4) is 0 Å². The summed E-state index contributed by atoms with van der Waals surface area (Å²) < 4.78 is 5.23. The second-order valence-electron chi connectivity index (χ2n) is 5.08. The Labute approximate surface area is 121 Å². The van der Waals surface area contributed by atoms with Crippen LogP contribution in [-0.4, -0.2) is 12.2 Å². The van der Waals surface area contributed by atoms with Crippen molar-refractivity contribution in [3.63, 3.8) is 0 Å². The molecule has 2 heteroatoms. The first-order valence-corrected chi connectivity index (χ1v) is 7.19. The number of aromatic hydroxyl groups is 1. The summed E-state index contributed by atoms with van der Waals surface area (Å²) in [4.78, 5) is 0. The Morgan fingerprint density at radius 3 is 2.15 bits per heavy atom. The van der Waals surface area contributed by atoms with Crippen LogP contribution in [0.4, 0.5) is 0 Å². The van der Waals surface area contributed by atoms with Gasteiger partial charge in [-0.15, -0.1) is 0 Å². The van der Waals surface area contributed by atoms with Crippen molar-refractivity contribution in [3.8, 4) is 11.5 Å². The average Bonchev–Trinajstić information content (AvgIpc) is 2.47. The number of phenolic OH excluding ortho intramolecular Hbond substituents is 1. The van der Waals surface area contributed by atoms with E-state index in [0.717, 1.165) is 25.0 Å². The number of hydrogen-bond acceptors (Lipinski definition) is 2. The lowest BCUT2D eigenvalue weighted by molar-refractivity contribution is 0.414. The molecule has 2 aromatic rings. The lowest BCUT2D eigenvalue weighted by Gasteiger charge is -2.05. The van der Waals surface area contributed by atoms with Crippen LogP contribution < -0.4 is 4.74 Å². The molecule has 0 fully saturated rings. The van der Waals surface area contributed by atoms with Crippen LogP contribution >= 0.6 is 0 Å². The molecule has 106 valence electrons. The second-order valence-corrected chi connectivity index (χ2v) is 5.08. The van der Waals surface area contributed by atoms with Crippen molar-refractivity contribution in [2.45, 2.75) is 32.1 Å². The number of rotatable bonds is 7. The molecule has 0 unspecified atom stereocenters. The summed E-state index contributed by atoms with van der Waals surface area (Å²) in [5, 5.41) is 9.40. The third-order valence-corrected chi connectivity index (χ3v) is 3.48. The van der Waals surface area contributed by atoms with E-state index in [2.05, 4.69) is 18.2 Å². The highest BCUT2D eigenvalue weighted by Crippen LogP contribution is 2.16. The molecule has 0 aliphatic rings. The molecular weight excluding hydrogens is 248 g/mol. The third-order valence-electron chi connectivity index (χ3n) is 3.48. The molecule has 20 heavy (non-hydrogen) atoms. The van der Waals surface area contributed by atoms with Gasteiger partial charge in [-0.05, 0) is 61.1 Å². The topological polar surface area (TPSA) is 29.5 Å². The van der Waals surface area contributed by atoms with Gasteiger partial charge in [0.25, 0.3) is 0 Å². The van der Waals surface area contributed by atoms with Gasteiger partial charge in [-0.25, -0.2) is 0 Å². The number of ether oxygens (including phenoxy) is 1. The van der Waals surface area contributed by atoms with Crippen LogP contribution in [0.5, 0.6) is 11.5 Å². The molecular formula is C18H22O2. The van der Waals surface area contributed by atoms with Crippen LogP contribution in [0.1, 0.15) is 30.4 Å². The molecule has 0 aliphatic carbocycles. The lowest BCUT2D eigenvalue weighted by Crippen LogP contribution is -1.90. The van der Waals surface area contributed by atoms with E-state index in [9.17, 15) is 5.11 Å². The molecule has 0 radical (unpaired) electrons. The summed E-state index contributed by atoms with van der Waals surface area (Å²) in [6.45, 7) is 0. The Kier molecular flexibility index (Phi) is 5.48. The van der Waals surface area contributed by atoms with Crippen molar-refractivity contribution in [2.24, 2.45) is 0 Å². The van der Waals surface area contributed by atoms with Gasteiger partial charge in [-0.2, -0.15) is 0 Å². The first-order chi connectivity index (χ1) is 9.78. The Bertz CT molecular complexity index is 534. The van der Waals surface area contributed by atoms with Gasteiger partial charge in [0.05, 0.1) is 7.11 Å². The molecule has 0 spiro atoms. The molecule has 0 aromatic heterocycles. The van der Waals surface area contributed by atoms with E-state index in [1.54, 1.807) is 13.2 Å². The molecule has 0 saturated heterocycles. The molecule has 0 heterocycles. The molecule has 0 saturated carbocycles. The van der Waals surface area contributed by atoms with Crippen LogP contribution in [-0.2, 0) is 12.8 Å². The predicted molar refractivity (Wildman–Crippen MR) is 82.4 cm³/mol. The Balaban J connectivity index is 1.68. The van der Waals surface area contributed by atoms with Crippen LogP contribution in [0, 0.1) is 0 Å². The molecule has 2 rings (SSSR count). The van der Waals surface area contributed by atoms with Gasteiger partial charge in [0, 0.05) is 0 Å². The first kappa shape index (κ1) is 14.4. The number of methoxy groups -OCH3 is 1. The first-order valence-electron chi connectivity index (χ1n) is 7.19. The fourth-order valence-electron chi connectivity index (χ4n) is 2.37. The summed E-state index contributed by atoms with van der Waals surface area (Å²) in [6, 6.07) is 15.8. The molecule has 0 aliphatic heterocycles. The van der Waals surface area contributed by atoms with E-state index in [0.29, 0.717) is 5.75 Å². The molecule has 0 bridgehead atoms. The minimum absolute atomic E-state index is 0.360. The van der Waals surface area contributed by atoms with E-state index in [4.69, 9.17) is 4.74 Å². The van der Waals surface area contributed by atoms with Gasteiger partial charge < -0.3 is 9.84 Å². The number of hydrogen-bond donors (Lipinski definition) is 1. The van der Waals surface area contributed by atoms with Crippen LogP contribution in [0.15, 0.2) is 48.5 Å². The Hall–Kier alpha value is -1.96. The van der Waals surface area contributed by atoms with Gasteiger partial charge in [-0.3, -0.25) is 0 Å². The van der Waals surface area contributed by atoms with Gasteiger partial charge in [0.2, 0.25) is 0 Å². The minimum atomic E-state index is 0.360. The maximum Gasteiger partial charge on any atom is 0.119 e. The third kappa shape index (κ3) is 4.61. The zero-order chi connectivity index (χ0) is 14.2. The van der Waals surface area contributed by atoms with Gasteiger partial charge in [-0.1, -0.05) is 30.7 Å². The van der Waals surface area contributed by atoms with Crippen molar-refractivity contribution in [3.05, 3.63) is 59.7 Å². The molecule has 0 atom stereocenters. The van der Waals surface area contributed by atoms with E-state index in [-0.39, 0.29) is 0 Å². The van der Waals surface area contributed by atoms with E-state index >= 15 is 0 Å². The SMILES string of the molecule is COc1cccc(CCCCCc2cccc(O)c2)c1. The zero-order valence-electron chi connectivity index (χ0n) is 12.0. The largest absolute Gasteiger partial charge is 0.508 e. The number of unbranched alkanes of at least 4 members (excludes halogenated alkanes) is 2. The van der Waals surface area contributed by atoms with Crippen LogP contribution in [0.25, 0.3) is 0 Å². The Morgan fingerprint density at radius 1 is 0.850 bits per heavy atom. The van der Waals surface area contributed by atoms with Crippen molar-refractivity contribution in [2.75, 3.05) is 7.11 Å². The van der Waals surface area contributed by atoms with Crippen molar-refractivity contribution >= 4 is 0 Å². The smallest absolute Gasteiger partial charge is 0.119 e. The van der Waals surface area contributed by atoms with Crippen molar-refractivity contribution in [1.82, 2.24) is 0 Å². The molecule has 1 N–H and O–H groups in total. The maximum atomic E-state index is 9.40. The maximum absolute atomic E-state index is 9.40. The standard InChI is InChI=1S/C18H22O2/c1-20-18-12-6-10-16(14-18)8-4-2-3-7-15-9-5-11-17(19)13-15/h5-6,9-14,19H,2-4,7-8H2,1H3. The summed E-state index contributed by atoms with van der Waals surface area (Å²) in [7, 11) is 1.70. The van der Waals surface area contributed by atoms with Gasteiger partial charge in [0.15, 0.2) is 0 Å². The lowest BCUT2D eigenvalue weighted by atomic mass is 10.0. The zero-order valence-corrected chi connectivity index (χ0v) is 12.0. The van der Waals surface area contributed by atoms with Gasteiger partial charge in [0.1, 0.15) is 11.5 Å². The predicted octanol–water partition coefficient (Wildman–Crippen LogP) is 4.36. The summed E-state index contributed by atoms with van der Waals surface area (Å²) in [5.41, 5.74) is 2.55. The molecule has 2 aromatic carbocycles. The number of aryl methyl sites for hydroxylation is 2. The van der Waals surface area contributed by atoms with E-state index in [1.807, 2.05) is 24.3 Å². The normalized spacial score (nSPS) is 10.4. The quantitative estimate of drug-likeness (QED) is 0.758. The highest BCUT2D eigenvalue weighted by molar-refractivity contribution is 5.28. The highest BCUT2D eigenvalue weighted by Gasteiger charge is 1.98. The number of benzene rings is 2. The molecule has 0 amide bonds. The summed E-state index contributed by atoms with van der Waals surface area (Å²) >= 11 is 0. The fourth-order valence-corrected chi connectivity index (χ4v) is 2.37. The van der Waals surface area contributed by atoms with Crippen molar-refractivity contribution in [1.29, 1.82) is 0 Å². The molecule has 2 nitrogen and oxygen atoms in total. The highest BCUT2D eigenvalue weighted by atomic mass is 16.5. The Morgan fingerprint density at radius 2 is 1.50 bits per heavy atom.